The van der Waals surface area contributed by atoms with Crippen molar-refractivity contribution in [3.63, 3.8) is 0 Å². The number of rotatable bonds is 7. The van der Waals surface area contributed by atoms with Crippen molar-refractivity contribution in [3.05, 3.63) is 52.7 Å². The number of aromatic nitrogens is 2. The Hall–Kier alpha value is -2.09. The molecule has 1 aliphatic heterocycles. The average Bonchev–Trinajstić information content (AvgIpc) is 3.88. The van der Waals surface area contributed by atoms with Gasteiger partial charge in [-0.2, -0.15) is 0 Å². The maximum absolute atomic E-state index is 15.0. The second-order valence-electron chi connectivity index (χ2n) is 24.1. The molecule has 16 atom stereocenters. The molecule has 0 aromatic carbocycles. The van der Waals surface area contributed by atoms with E-state index in [9.17, 15) is 20.4 Å². The largest absolute Gasteiger partial charge is 0.392 e. The lowest BCUT2D eigenvalue weighted by Crippen LogP contribution is -2.66. The summed E-state index contributed by atoms with van der Waals surface area (Å²) in [5.74, 6) is 1.95. The van der Waals surface area contributed by atoms with Gasteiger partial charge in [-0.15, -0.1) is 0 Å². The summed E-state index contributed by atoms with van der Waals surface area (Å²) in [5.41, 5.74) is 16.7. The normalized spacial score (nSPS) is 44.6. The zero-order chi connectivity index (χ0) is 45.8. The number of aliphatic hydroxyl groups is 4. The number of aliphatic hydroxyl groups excluding tert-OH is 3. The van der Waals surface area contributed by atoms with Gasteiger partial charge in [0.15, 0.2) is 11.7 Å². The number of guanidine groups is 1. The highest BCUT2D eigenvalue weighted by atomic mass is 33.1. The Morgan fingerprint density at radius 2 is 1.75 bits per heavy atom. The molecule has 1 aromatic heterocycles. The van der Waals surface area contributed by atoms with E-state index in [-0.39, 0.29) is 65.1 Å². The third-order valence-electron chi connectivity index (χ3n) is 19.9. The average molecular weight is 930 g/mol. The molecule has 8 aliphatic carbocycles. The molecule has 0 radical (unpaired) electrons. The van der Waals surface area contributed by atoms with Gasteiger partial charge in [-0.3, -0.25) is 9.79 Å². The molecule has 2 heterocycles. The summed E-state index contributed by atoms with van der Waals surface area (Å²) in [4.78, 5) is 24.3. The monoisotopic (exact) mass is 930 g/mol. The van der Waals surface area contributed by atoms with Crippen LogP contribution in [0.25, 0.3) is 0 Å². The predicted octanol–water partition coefficient (Wildman–Crippen LogP) is 8.57. The molecular weight excluding hydrogens is 851 g/mol. The van der Waals surface area contributed by atoms with E-state index in [1.807, 2.05) is 40.2 Å². The summed E-state index contributed by atoms with van der Waals surface area (Å²) in [5, 5.41) is 51.0. The molecule has 1 saturated heterocycles. The van der Waals surface area contributed by atoms with Crippen molar-refractivity contribution in [2.75, 3.05) is 18.1 Å². The van der Waals surface area contributed by atoms with Crippen LogP contribution in [0.3, 0.4) is 0 Å². The number of hydrogen-bond acceptors (Lipinski definition) is 9. The van der Waals surface area contributed by atoms with E-state index < -0.39 is 40.7 Å². The second-order valence-corrected chi connectivity index (χ2v) is 26.6. The van der Waals surface area contributed by atoms with E-state index in [1.165, 1.54) is 31.3 Å². The first-order chi connectivity index (χ1) is 31.0. The Balaban J connectivity index is 1.15. The van der Waals surface area contributed by atoms with Gasteiger partial charge in [-0.25, -0.2) is 4.98 Å². The third kappa shape index (κ3) is 7.43. The summed E-state index contributed by atoms with van der Waals surface area (Å²) < 4.78 is 2.31. The van der Waals surface area contributed by atoms with Gasteiger partial charge in [-0.05, 0) is 141 Å². The van der Waals surface area contributed by atoms with Crippen LogP contribution in [0.2, 0.25) is 0 Å². The van der Waals surface area contributed by atoms with Crippen LogP contribution in [0, 0.1) is 75.4 Å². The van der Waals surface area contributed by atoms with Crippen molar-refractivity contribution < 1.29 is 25.2 Å². The number of nitrogens with zero attached hydrogens (tertiary/aromatic N) is 3. The molecular formula is C53H79N5O5S2. The molecule has 12 heteroatoms. The van der Waals surface area contributed by atoms with Crippen LogP contribution in [0.4, 0.5) is 0 Å². The van der Waals surface area contributed by atoms with E-state index in [1.54, 1.807) is 16.7 Å². The number of fused-ring (bicyclic) bond motifs is 13. The van der Waals surface area contributed by atoms with Crippen LogP contribution in [-0.2, 0) is 4.79 Å². The molecule has 8 N–H and O–H groups in total. The van der Waals surface area contributed by atoms with Crippen LogP contribution in [-0.4, -0.2) is 83.7 Å². The molecule has 0 unspecified atom stereocenters. The molecule has 65 heavy (non-hydrogen) atoms. The molecule has 1 aromatic rings. The zero-order valence-corrected chi connectivity index (χ0v) is 41.5. The number of aliphatic imine (C=N–C) groups is 1. The number of carbonyl (C=O) groups excluding carboxylic acids is 1. The highest BCUT2D eigenvalue weighted by Crippen LogP contribution is 2.74. The summed E-state index contributed by atoms with van der Waals surface area (Å²) in [7, 11) is 3.77. The topological polar surface area (TPSA) is 180 Å². The van der Waals surface area contributed by atoms with Crippen molar-refractivity contribution in [2.24, 2.45) is 91.9 Å². The van der Waals surface area contributed by atoms with Crippen molar-refractivity contribution in [1.82, 2.24) is 9.55 Å². The van der Waals surface area contributed by atoms with Crippen molar-refractivity contribution in [1.29, 1.82) is 0 Å². The van der Waals surface area contributed by atoms with Gasteiger partial charge in [0.05, 0.1) is 30.2 Å². The van der Waals surface area contributed by atoms with Crippen LogP contribution in [0.5, 0.6) is 0 Å². The molecule has 6 fully saturated rings. The summed E-state index contributed by atoms with van der Waals surface area (Å²) in [6, 6.07) is 0.201. The molecule has 10 nitrogen and oxygen atoms in total. The first kappa shape index (κ1) is 46.6. The SMILES string of the molecule is CC(C)CCC[C@]12C[C@H](O)[C@H](O)C[C@H]1C(=O)C=C1[C@@H]2[C@H](CN=C(N)N)C[C@]2(C)[C@@H]3C[C@H](CSSC[C@H](n4ccnc4)CC(C)(C)C4=C5CCCC[C@@H]5C5=C6[C@H](CCC5)C[C@@H]3[C@H](O)[C@H]64)[C@@]12O. The van der Waals surface area contributed by atoms with Gasteiger partial charge < -0.3 is 36.5 Å². The highest BCUT2D eigenvalue weighted by Gasteiger charge is 2.73. The molecule has 0 spiro atoms. The fourth-order valence-electron chi connectivity index (χ4n) is 17.6. The Labute approximate surface area is 396 Å². The van der Waals surface area contributed by atoms with E-state index in [0.717, 1.165) is 74.9 Å². The lowest BCUT2D eigenvalue weighted by molar-refractivity contribution is -0.176. The van der Waals surface area contributed by atoms with Gasteiger partial charge >= 0.3 is 0 Å². The quantitative estimate of drug-likeness (QED) is 0.0672. The maximum atomic E-state index is 15.0. The van der Waals surface area contributed by atoms with E-state index in [2.05, 4.69) is 50.4 Å². The van der Waals surface area contributed by atoms with Gasteiger partial charge in [-0.1, -0.05) is 97.8 Å². The summed E-state index contributed by atoms with van der Waals surface area (Å²) in [6.45, 7) is 12.1. The van der Waals surface area contributed by atoms with Crippen molar-refractivity contribution in [2.45, 2.75) is 167 Å². The van der Waals surface area contributed by atoms with Crippen LogP contribution in [0.15, 0.2) is 57.7 Å². The van der Waals surface area contributed by atoms with Crippen LogP contribution >= 0.6 is 21.6 Å². The number of ketones is 1. The molecule has 0 amide bonds. The minimum absolute atomic E-state index is 0.00264. The minimum Gasteiger partial charge on any atom is -0.392 e. The minimum atomic E-state index is -1.34. The van der Waals surface area contributed by atoms with Crippen molar-refractivity contribution in [3.8, 4) is 0 Å². The molecule has 4 bridgehead atoms. The lowest BCUT2D eigenvalue weighted by atomic mass is 9.41. The number of hydrogen-bond donors (Lipinski definition) is 6. The van der Waals surface area contributed by atoms with E-state index in [4.69, 9.17) is 16.5 Å². The standard InChI is InChI=1S/C53H79N5O5S2/c1-29(2)10-9-15-52-24-43(61)42(60)20-39(52)41(59)21-40-46(52)31(25-57-49(54)55)22-51(5)38-19-32(53(40,51)63)26-64-65-27-33(58-17-16-56-28-58)23-50(3,4)47-36-13-7-6-12-34(36)35-14-8-11-30-18-37(38)48(62)45(47)44(30)35/h16-17,21,28-34,37-39,42-43,45-46,48,60-63H,6-15,18-20,22-27H2,1-5H3,(H4,54,55,57)/t30-,31+,32-,33-,34-,37+,38-,39+,42-,43+,45-,46+,48+,51-,52+,53-/m1/s1. The molecule has 5 saturated carbocycles. The summed E-state index contributed by atoms with van der Waals surface area (Å²) >= 11 is 0. The van der Waals surface area contributed by atoms with Gasteiger partial charge in [0, 0.05) is 65.6 Å². The number of carbonyl (C=O) groups is 1. The molecule has 9 aliphatic rings. The molecule has 10 rings (SSSR count). The first-order valence-electron chi connectivity index (χ1n) is 25.8. The Bertz CT molecular complexity index is 2110. The second kappa shape index (κ2) is 17.4. The summed E-state index contributed by atoms with van der Waals surface area (Å²) in [6.07, 6.45) is 20.1. The zero-order valence-electron chi connectivity index (χ0n) is 39.8. The Morgan fingerprint density at radius 3 is 2.51 bits per heavy atom. The number of imidazole rings is 1. The van der Waals surface area contributed by atoms with Gasteiger partial charge in [0.2, 0.25) is 0 Å². The molecule has 358 valence electrons. The van der Waals surface area contributed by atoms with Crippen molar-refractivity contribution >= 4 is 33.3 Å². The Morgan fingerprint density at radius 1 is 0.969 bits per heavy atom. The fourth-order valence-corrected chi connectivity index (χ4v) is 20.3. The fraction of sp³-hybridized carbons (Fsp3) is 0.792. The van der Waals surface area contributed by atoms with Crippen LogP contribution in [0.1, 0.15) is 143 Å². The lowest BCUT2D eigenvalue weighted by Gasteiger charge is -2.65. The van der Waals surface area contributed by atoms with Gasteiger partial charge in [0.25, 0.3) is 0 Å². The first-order valence-corrected chi connectivity index (χ1v) is 28.2. The number of allylic oxidation sites excluding steroid dienone is 3. The maximum Gasteiger partial charge on any atom is 0.185 e. The third-order valence-corrected chi connectivity index (χ3v) is 22.4. The van der Waals surface area contributed by atoms with E-state index in [0.29, 0.717) is 37.1 Å². The Kier molecular flexibility index (Phi) is 12.5. The van der Waals surface area contributed by atoms with Crippen LogP contribution < -0.4 is 11.5 Å². The van der Waals surface area contributed by atoms with E-state index >= 15 is 4.79 Å². The predicted molar refractivity (Wildman–Crippen MR) is 261 cm³/mol. The van der Waals surface area contributed by atoms with Gasteiger partial charge in [0.1, 0.15) is 0 Å². The highest BCUT2D eigenvalue weighted by molar-refractivity contribution is 8.76. The number of nitrogens with two attached hydrogens (primary N) is 2. The smallest absolute Gasteiger partial charge is 0.185 e.